The maximum absolute atomic E-state index is 5.42. The Hall–Kier alpha value is -0.550. The molecule has 3 rings (SSSR count). The van der Waals surface area contributed by atoms with Crippen LogP contribution in [0.2, 0.25) is 0 Å². The lowest BCUT2D eigenvalue weighted by Gasteiger charge is -2.14. The Labute approximate surface area is 125 Å². The normalized spacial score (nSPS) is 21.4. The van der Waals surface area contributed by atoms with E-state index in [2.05, 4.69) is 22.4 Å². The molecule has 2 aliphatic rings. The van der Waals surface area contributed by atoms with Crippen LogP contribution in [0.1, 0.15) is 57.2 Å². The third-order valence-electron chi connectivity index (χ3n) is 4.31. The Morgan fingerprint density at radius 1 is 1.30 bits per heavy atom. The first kappa shape index (κ1) is 14.4. The quantitative estimate of drug-likeness (QED) is 0.798. The van der Waals surface area contributed by atoms with Gasteiger partial charge in [-0.25, -0.2) is 0 Å². The van der Waals surface area contributed by atoms with E-state index in [1.807, 2.05) is 11.8 Å². The van der Waals surface area contributed by atoms with Gasteiger partial charge in [-0.05, 0) is 38.1 Å². The van der Waals surface area contributed by atoms with Gasteiger partial charge in [-0.2, -0.15) is 16.7 Å². The topological polar surface area (TPSA) is 51.0 Å². The standard InChI is InChI=1S/C15H25N3OS/c1-2-16-13(11-7-8-11)9-15-17-14(18-19-15)10-20-12-5-3-4-6-12/h11-13,16H,2-10H2,1H3. The number of aromatic nitrogens is 2. The molecule has 112 valence electrons. The number of thioether (sulfide) groups is 1. The highest BCUT2D eigenvalue weighted by Gasteiger charge is 2.31. The van der Waals surface area contributed by atoms with Crippen molar-refractivity contribution in [1.29, 1.82) is 0 Å². The van der Waals surface area contributed by atoms with E-state index in [0.29, 0.717) is 6.04 Å². The first-order valence-corrected chi connectivity index (χ1v) is 9.06. The van der Waals surface area contributed by atoms with Crippen molar-refractivity contribution in [1.82, 2.24) is 15.5 Å². The van der Waals surface area contributed by atoms with E-state index in [-0.39, 0.29) is 0 Å². The largest absolute Gasteiger partial charge is 0.339 e. The number of nitrogens with one attached hydrogen (secondary N) is 1. The molecular weight excluding hydrogens is 270 g/mol. The van der Waals surface area contributed by atoms with Crippen LogP contribution in [-0.2, 0) is 12.2 Å². The van der Waals surface area contributed by atoms with Gasteiger partial charge >= 0.3 is 0 Å². The van der Waals surface area contributed by atoms with Gasteiger partial charge in [0.1, 0.15) is 0 Å². The molecule has 1 aromatic rings. The lowest BCUT2D eigenvalue weighted by molar-refractivity contribution is 0.345. The van der Waals surface area contributed by atoms with Gasteiger partial charge in [0.25, 0.3) is 0 Å². The van der Waals surface area contributed by atoms with Crippen LogP contribution in [0.15, 0.2) is 4.52 Å². The van der Waals surface area contributed by atoms with Crippen LogP contribution >= 0.6 is 11.8 Å². The van der Waals surface area contributed by atoms with Crippen LogP contribution in [0.25, 0.3) is 0 Å². The van der Waals surface area contributed by atoms with Crippen molar-refractivity contribution in [2.75, 3.05) is 6.54 Å². The summed E-state index contributed by atoms with van der Waals surface area (Å²) in [6, 6.07) is 0.524. The van der Waals surface area contributed by atoms with Gasteiger partial charge in [0.2, 0.25) is 5.89 Å². The third kappa shape index (κ3) is 3.98. The highest BCUT2D eigenvalue weighted by Crippen LogP contribution is 2.34. The summed E-state index contributed by atoms with van der Waals surface area (Å²) in [5, 5.41) is 8.50. The Balaban J connectivity index is 1.47. The fourth-order valence-corrected chi connectivity index (χ4v) is 4.20. The van der Waals surface area contributed by atoms with E-state index < -0.39 is 0 Å². The molecule has 0 amide bonds. The molecule has 0 spiro atoms. The van der Waals surface area contributed by atoms with Crippen molar-refractivity contribution in [3.8, 4) is 0 Å². The predicted octanol–water partition coefficient (Wildman–Crippen LogP) is 3.18. The van der Waals surface area contributed by atoms with E-state index >= 15 is 0 Å². The maximum Gasteiger partial charge on any atom is 0.228 e. The van der Waals surface area contributed by atoms with Gasteiger partial charge in [-0.15, -0.1) is 0 Å². The molecule has 0 aromatic carbocycles. The van der Waals surface area contributed by atoms with Crippen LogP contribution in [0.5, 0.6) is 0 Å². The third-order valence-corrected chi connectivity index (χ3v) is 5.68. The summed E-state index contributed by atoms with van der Waals surface area (Å²) < 4.78 is 5.42. The Bertz CT molecular complexity index is 413. The van der Waals surface area contributed by atoms with Gasteiger partial charge in [0.15, 0.2) is 5.82 Å². The van der Waals surface area contributed by atoms with E-state index in [1.54, 1.807) is 0 Å². The zero-order valence-electron chi connectivity index (χ0n) is 12.3. The highest BCUT2D eigenvalue weighted by molar-refractivity contribution is 7.99. The van der Waals surface area contributed by atoms with E-state index in [0.717, 1.165) is 41.6 Å². The monoisotopic (exact) mass is 295 g/mol. The van der Waals surface area contributed by atoms with Gasteiger partial charge < -0.3 is 9.84 Å². The maximum atomic E-state index is 5.42. The van der Waals surface area contributed by atoms with Crippen molar-refractivity contribution in [3.05, 3.63) is 11.7 Å². The van der Waals surface area contributed by atoms with E-state index in [1.165, 1.54) is 38.5 Å². The van der Waals surface area contributed by atoms with Crippen LogP contribution in [0, 0.1) is 5.92 Å². The summed E-state index contributed by atoms with van der Waals surface area (Å²) in [4.78, 5) is 4.56. The van der Waals surface area contributed by atoms with Gasteiger partial charge in [-0.1, -0.05) is 24.9 Å². The average molecular weight is 295 g/mol. The molecule has 5 heteroatoms. The second-order valence-electron chi connectivity index (χ2n) is 6.03. The van der Waals surface area contributed by atoms with Crippen molar-refractivity contribution in [3.63, 3.8) is 0 Å². The van der Waals surface area contributed by atoms with Crippen molar-refractivity contribution in [2.24, 2.45) is 5.92 Å². The van der Waals surface area contributed by atoms with Crippen LogP contribution in [0.3, 0.4) is 0 Å². The van der Waals surface area contributed by atoms with Crippen molar-refractivity contribution < 1.29 is 4.52 Å². The van der Waals surface area contributed by atoms with Crippen molar-refractivity contribution >= 4 is 11.8 Å². The number of hydrogen-bond acceptors (Lipinski definition) is 5. The smallest absolute Gasteiger partial charge is 0.228 e. The Morgan fingerprint density at radius 3 is 2.80 bits per heavy atom. The molecule has 4 nitrogen and oxygen atoms in total. The highest BCUT2D eigenvalue weighted by atomic mass is 32.2. The lowest BCUT2D eigenvalue weighted by atomic mass is 10.1. The minimum atomic E-state index is 0.524. The molecule has 0 saturated heterocycles. The molecule has 2 fully saturated rings. The molecule has 0 aliphatic heterocycles. The number of hydrogen-bond donors (Lipinski definition) is 1. The van der Waals surface area contributed by atoms with Gasteiger partial charge in [0, 0.05) is 17.7 Å². The molecule has 1 unspecified atom stereocenters. The summed E-state index contributed by atoms with van der Waals surface area (Å²) >= 11 is 2.00. The van der Waals surface area contributed by atoms with Crippen LogP contribution < -0.4 is 5.32 Å². The summed E-state index contributed by atoms with van der Waals surface area (Å²) in [5.74, 6) is 3.41. The van der Waals surface area contributed by atoms with Crippen LogP contribution in [0.4, 0.5) is 0 Å². The lowest BCUT2D eigenvalue weighted by Crippen LogP contribution is -2.33. The van der Waals surface area contributed by atoms with E-state index in [9.17, 15) is 0 Å². The average Bonchev–Trinajstić information content (AvgIpc) is 2.99. The molecular formula is C15H25N3OS. The molecule has 20 heavy (non-hydrogen) atoms. The minimum Gasteiger partial charge on any atom is -0.339 e. The van der Waals surface area contributed by atoms with E-state index in [4.69, 9.17) is 4.52 Å². The second-order valence-corrected chi connectivity index (χ2v) is 7.32. The first-order valence-electron chi connectivity index (χ1n) is 8.01. The SMILES string of the molecule is CCNC(Cc1nc(CSC2CCCC2)no1)C1CC1. The molecule has 1 heterocycles. The molecule has 1 atom stereocenters. The Kier molecular flexibility index (Phi) is 4.99. The fraction of sp³-hybridized carbons (Fsp3) is 0.867. The zero-order valence-corrected chi connectivity index (χ0v) is 13.1. The van der Waals surface area contributed by atoms with Crippen molar-refractivity contribution in [2.45, 2.75) is 68.9 Å². The number of rotatable bonds is 8. The molecule has 0 bridgehead atoms. The summed E-state index contributed by atoms with van der Waals surface area (Å²) in [6.45, 7) is 3.17. The first-order chi connectivity index (χ1) is 9.85. The Morgan fingerprint density at radius 2 is 2.10 bits per heavy atom. The summed E-state index contributed by atoms with van der Waals surface area (Å²) in [6.07, 6.45) is 9.08. The summed E-state index contributed by atoms with van der Waals surface area (Å²) in [7, 11) is 0. The van der Waals surface area contributed by atoms with Gasteiger partial charge in [-0.3, -0.25) is 0 Å². The zero-order chi connectivity index (χ0) is 13.8. The van der Waals surface area contributed by atoms with Crippen LogP contribution in [-0.4, -0.2) is 28.0 Å². The van der Waals surface area contributed by atoms with Gasteiger partial charge in [0.05, 0.1) is 5.75 Å². The second kappa shape index (κ2) is 6.94. The molecule has 0 radical (unpaired) electrons. The molecule has 1 N–H and O–H groups in total. The minimum absolute atomic E-state index is 0.524. The molecule has 2 aliphatic carbocycles. The number of likely N-dealkylation sites (N-methyl/N-ethyl adjacent to an activating group) is 1. The molecule has 2 saturated carbocycles. The molecule has 1 aromatic heterocycles. The fourth-order valence-electron chi connectivity index (χ4n) is 3.03. The number of nitrogens with zero attached hydrogens (tertiary/aromatic N) is 2. The summed E-state index contributed by atoms with van der Waals surface area (Å²) in [5.41, 5.74) is 0. The predicted molar refractivity (Wildman–Crippen MR) is 81.7 cm³/mol.